The molecule has 0 unspecified atom stereocenters. The highest BCUT2D eigenvalue weighted by atomic mass is 35.5. The highest BCUT2D eigenvalue weighted by Crippen LogP contribution is 2.56. The summed E-state index contributed by atoms with van der Waals surface area (Å²) in [6.07, 6.45) is 0.406. The molecule has 3 aromatic heterocycles. The van der Waals surface area contributed by atoms with Crippen molar-refractivity contribution in [1.82, 2.24) is 19.7 Å². The second-order valence-corrected chi connectivity index (χ2v) is 9.27. The number of fused-ring (bicyclic) bond motifs is 1. The van der Waals surface area contributed by atoms with Crippen molar-refractivity contribution >= 4 is 29.1 Å². The Morgan fingerprint density at radius 2 is 1.94 bits per heavy atom. The molecule has 2 aliphatic rings. The lowest BCUT2D eigenvalue weighted by molar-refractivity contribution is -0.141. The minimum atomic E-state index is -4.79. The minimum Gasteiger partial charge on any atom is -0.474 e. The molecular formula is C22H19ClF3N5O3. The van der Waals surface area contributed by atoms with Gasteiger partial charge in [0.15, 0.2) is 5.69 Å². The number of nitrogens with zero attached hydrogens (tertiary/aromatic N) is 3. The van der Waals surface area contributed by atoms with Gasteiger partial charge in [-0.15, -0.1) is 0 Å². The van der Waals surface area contributed by atoms with E-state index in [4.69, 9.17) is 22.1 Å². The first-order chi connectivity index (χ1) is 16.0. The van der Waals surface area contributed by atoms with E-state index < -0.39 is 29.4 Å². The second-order valence-electron chi connectivity index (χ2n) is 8.83. The zero-order chi connectivity index (χ0) is 24.3. The highest BCUT2D eigenvalue weighted by Gasteiger charge is 2.54. The summed E-state index contributed by atoms with van der Waals surface area (Å²) in [6.45, 7) is 0. The van der Waals surface area contributed by atoms with Crippen molar-refractivity contribution in [2.45, 2.75) is 44.0 Å². The van der Waals surface area contributed by atoms with Crippen LogP contribution in [0.3, 0.4) is 0 Å². The lowest BCUT2D eigenvalue weighted by atomic mass is 9.53. The minimum absolute atomic E-state index is 0.0178. The van der Waals surface area contributed by atoms with Crippen LogP contribution in [0.25, 0.3) is 5.65 Å². The largest absolute Gasteiger partial charge is 0.474 e. The molecule has 0 aromatic carbocycles. The van der Waals surface area contributed by atoms with E-state index in [2.05, 4.69) is 15.3 Å². The van der Waals surface area contributed by atoms with Gasteiger partial charge in [-0.3, -0.25) is 14.0 Å². The van der Waals surface area contributed by atoms with Crippen LogP contribution in [0.1, 0.15) is 52.2 Å². The van der Waals surface area contributed by atoms with Crippen LogP contribution < -0.4 is 15.8 Å². The van der Waals surface area contributed by atoms with Crippen LogP contribution >= 0.6 is 11.6 Å². The molecule has 0 bridgehead atoms. The van der Waals surface area contributed by atoms with E-state index in [-0.39, 0.29) is 39.7 Å². The van der Waals surface area contributed by atoms with Gasteiger partial charge < -0.3 is 15.8 Å². The number of nitrogens with one attached hydrogen (secondary N) is 1. The van der Waals surface area contributed by atoms with E-state index in [1.54, 1.807) is 6.07 Å². The molecule has 1 spiro atoms. The normalized spacial score (nSPS) is 23.9. The average molecular weight is 494 g/mol. The predicted octanol–water partition coefficient (Wildman–Crippen LogP) is 3.62. The number of carbonyl (C=O) groups excluding carboxylic acids is 2. The molecule has 178 valence electrons. The number of ether oxygens (including phenoxy) is 1. The number of imidazole rings is 1. The first kappa shape index (κ1) is 22.5. The molecule has 3 heterocycles. The quantitative estimate of drug-likeness (QED) is 0.564. The number of hydrogen-bond donors (Lipinski definition) is 2. The van der Waals surface area contributed by atoms with Crippen LogP contribution in [0.2, 0.25) is 5.02 Å². The van der Waals surface area contributed by atoms with E-state index in [0.717, 1.165) is 4.40 Å². The summed E-state index contributed by atoms with van der Waals surface area (Å²) in [4.78, 5) is 32.0. The summed E-state index contributed by atoms with van der Waals surface area (Å²) in [5.41, 5.74) is 3.63. The van der Waals surface area contributed by atoms with Crippen LogP contribution in [0.4, 0.5) is 13.2 Å². The maximum atomic E-state index is 13.5. The number of primary amides is 1. The van der Waals surface area contributed by atoms with E-state index in [1.807, 2.05) is 0 Å². The van der Waals surface area contributed by atoms with E-state index in [9.17, 15) is 22.8 Å². The lowest BCUT2D eigenvalue weighted by Crippen LogP contribution is -2.59. The number of alkyl halides is 3. The number of nitrogens with two attached hydrogens (primary N) is 1. The van der Waals surface area contributed by atoms with Crippen molar-refractivity contribution in [1.29, 1.82) is 0 Å². The van der Waals surface area contributed by atoms with Crippen molar-refractivity contribution in [2.24, 2.45) is 11.1 Å². The van der Waals surface area contributed by atoms with Gasteiger partial charge in [0.05, 0.1) is 5.02 Å². The fourth-order valence-corrected chi connectivity index (χ4v) is 5.09. The third-order valence-electron chi connectivity index (χ3n) is 6.40. The van der Waals surface area contributed by atoms with E-state index in [1.165, 1.54) is 30.6 Å². The number of hydrogen-bond acceptors (Lipinski definition) is 5. The van der Waals surface area contributed by atoms with Gasteiger partial charge in [0.2, 0.25) is 5.88 Å². The van der Waals surface area contributed by atoms with Gasteiger partial charge in [-0.2, -0.15) is 13.2 Å². The Hall–Kier alpha value is -3.34. The van der Waals surface area contributed by atoms with Gasteiger partial charge in [0.25, 0.3) is 11.8 Å². The summed E-state index contributed by atoms with van der Waals surface area (Å²) < 4.78 is 47.5. The monoisotopic (exact) mass is 493 g/mol. The molecule has 2 fully saturated rings. The topological polar surface area (TPSA) is 112 Å². The third-order valence-corrected chi connectivity index (χ3v) is 6.62. The van der Waals surface area contributed by atoms with Gasteiger partial charge in [0.1, 0.15) is 23.0 Å². The molecule has 12 heteroatoms. The highest BCUT2D eigenvalue weighted by molar-refractivity contribution is 6.30. The molecule has 8 nitrogen and oxygen atoms in total. The van der Waals surface area contributed by atoms with Crippen molar-refractivity contribution < 1.29 is 27.5 Å². The second kappa shape index (κ2) is 7.86. The predicted molar refractivity (Wildman–Crippen MR) is 115 cm³/mol. The SMILES string of the molecule is NC(=O)c1cccnc1OC1CC2(CC(NC(=O)c3c(C(F)(F)F)nc4ccc(Cl)cn34)C2)C1. The maximum absolute atomic E-state index is 13.5. The Labute approximate surface area is 196 Å². The van der Waals surface area contributed by atoms with Gasteiger partial charge in [-0.1, -0.05) is 11.6 Å². The van der Waals surface area contributed by atoms with Crippen molar-refractivity contribution in [3.05, 3.63) is 58.6 Å². The molecular weight excluding hydrogens is 475 g/mol. The summed E-state index contributed by atoms with van der Waals surface area (Å²) in [7, 11) is 0. The first-order valence-electron chi connectivity index (χ1n) is 10.5. The Morgan fingerprint density at radius 3 is 2.62 bits per heavy atom. The molecule has 3 N–H and O–H groups in total. The maximum Gasteiger partial charge on any atom is 0.435 e. The van der Waals surface area contributed by atoms with Gasteiger partial charge >= 0.3 is 6.18 Å². The number of amides is 2. The van der Waals surface area contributed by atoms with Gasteiger partial charge in [0, 0.05) is 18.4 Å². The molecule has 0 saturated heterocycles. The standard InChI is InChI=1S/C22H19ClF3N5O3/c23-11-3-4-15-30-17(22(24,25)26)16(31(15)10-11)19(33)29-12-6-21(7-12)8-13(9-21)34-20-14(18(27)32)2-1-5-28-20/h1-5,10,12-13H,6-9H2,(H2,27,32)(H,29,33). The first-order valence-corrected chi connectivity index (χ1v) is 10.9. The fraction of sp³-hybridized carbons (Fsp3) is 0.364. The third kappa shape index (κ3) is 3.93. The Morgan fingerprint density at radius 1 is 1.21 bits per heavy atom. The van der Waals surface area contributed by atoms with Crippen molar-refractivity contribution in [3.8, 4) is 5.88 Å². The molecule has 34 heavy (non-hydrogen) atoms. The number of pyridine rings is 2. The van der Waals surface area contributed by atoms with Gasteiger partial charge in [-0.05, 0) is 55.4 Å². The zero-order valence-electron chi connectivity index (χ0n) is 17.6. The summed E-state index contributed by atoms with van der Waals surface area (Å²) in [5.74, 6) is -1.30. The number of carbonyl (C=O) groups is 2. The van der Waals surface area contributed by atoms with Crippen molar-refractivity contribution in [2.75, 3.05) is 0 Å². The number of halogens is 4. The molecule has 0 aliphatic heterocycles. The van der Waals surface area contributed by atoms with E-state index >= 15 is 0 Å². The van der Waals surface area contributed by atoms with Crippen LogP contribution in [0, 0.1) is 5.41 Å². The zero-order valence-corrected chi connectivity index (χ0v) is 18.4. The number of aromatic nitrogens is 3. The van der Waals surface area contributed by atoms with Crippen LogP contribution in [0.5, 0.6) is 5.88 Å². The fourth-order valence-electron chi connectivity index (χ4n) is 4.93. The van der Waals surface area contributed by atoms with Gasteiger partial charge in [-0.25, -0.2) is 9.97 Å². The van der Waals surface area contributed by atoms with Crippen molar-refractivity contribution in [3.63, 3.8) is 0 Å². The summed E-state index contributed by atoms with van der Waals surface area (Å²) in [6, 6.07) is 5.60. The molecule has 2 aliphatic carbocycles. The van der Waals surface area contributed by atoms with Crippen LogP contribution in [-0.2, 0) is 6.18 Å². The molecule has 0 radical (unpaired) electrons. The van der Waals surface area contributed by atoms with E-state index in [0.29, 0.717) is 25.7 Å². The summed E-state index contributed by atoms with van der Waals surface area (Å²) in [5, 5.41) is 2.88. The summed E-state index contributed by atoms with van der Waals surface area (Å²) >= 11 is 5.92. The molecule has 5 rings (SSSR count). The lowest BCUT2D eigenvalue weighted by Gasteiger charge is -2.57. The Balaban J connectivity index is 1.23. The number of rotatable bonds is 5. The Bertz CT molecular complexity index is 1290. The van der Waals surface area contributed by atoms with Crippen LogP contribution in [-0.4, -0.2) is 38.3 Å². The molecule has 2 saturated carbocycles. The molecule has 3 aromatic rings. The van der Waals surface area contributed by atoms with Crippen LogP contribution in [0.15, 0.2) is 36.7 Å². The Kier molecular flexibility index (Phi) is 5.19. The molecule has 0 atom stereocenters. The smallest absolute Gasteiger partial charge is 0.435 e. The molecule has 2 amide bonds. The average Bonchev–Trinajstić information content (AvgIpc) is 3.10.